The number of hydrogen-bond donors (Lipinski definition) is 0. The Kier molecular flexibility index (Phi) is 8.40. The highest BCUT2D eigenvalue weighted by atomic mass is 35.5. The second-order valence-electron chi connectivity index (χ2n) is 3.39. The minimum absolute atomic E-state index is 0.0893. The predicted octanol–water partition coefficient (Wildman–Crippen LogP) is 2.73. The van der Waals surface area contributed by atoms with E-state index in [1.165, 1.54) is 0 Å². The number of alkyl halides is 2. The first-order valence-corrected chi connectivity index (χ1v) is 6.15. The fourth-order valence-electron chi connectivity index (χ4n) is 1.40. The van der Waals surface area contributed by atoms with Gasteiger partial charge in [-0.25, -0.2) is 0 Å². The molecule has 0 spiro atoms. The van der Waals surface area contributed by atoms with E-state index in [1.807, 2.05) is 6.92 Å². The van der Waals surface area contributed by atoms with E-state index in [0.717, 1.165) is 12.8 Å². The molecular weight excluding hydrogens is 221 g/mol. The average Bonchev–Trinajstić information content (AvgIpc) is 2.17. The van der Waals surface area contributed by atoms with E-state index in [-0.39, 0.29) is 11.8 Å². The molecular formula is C10H19Cl2NO. The van der Waals surface area contributed by atoms with Crippen molar-refractivity contribution in [3.63, 3.8) is 0 Å². The number of carbonyl (C=O) groups is 1. The molecule has 0 saturated heterocycles. The molecule has 0 aromatic rings. The smallest absolute Gasteiger partial charge is 0.225 e. The second kappa shape index (κ2) is 8.37. The van der Waals surface area contributed by atoms with Gasteiger partial charge in [-0.1, -0.05) is 20.3 Å². The van der Waals surface area contributed by atoms with Crippen LogP contribution < -0.4 is 0 Å². The van der Waals surface area contributed by atoms with Gasteiger partial charge in [0.2, 0.25) is 5.91 Å². The van der Waals surface area contributed by atoms with Gasteiger partial charge in [-0.15, -0.1) is 23.2 Å². The van der Waals surface area contributed by atoms with Gasteiger partial charge in [0, 0.05) is 30.8 Å². The van der Waals surface area contributed by atoms with Crippen LogP contribution in [0.4, 0.5) is 0 Å². The summed E-state index contributed by atoms with van der Waals surface area (Å²) in [6, 6.07) is 0. The lowest BCUT2D eigenvalue weighted by atomic mass is 10.0. The molecule has 2 nitrogen and oxygen atoms in total. The molecule has 1 amide bonds. The fourth-order valence-corrected chi connectivity index (χ4v) is 1.81. The number of carbonyl (C=O) groups excluding carboxylic acids is 1. The van der Waals surface area contributed by atoms with Crippen molar-refractivity contribution in [2.75, 3.05) is 24.8 Å². The molecule has 0 saturated carbocycles. The molecule has 14 heavy (non-hydrogen) atoms. The second-order valence-corrected chi connectivity index (χ2v) is 4.15. The lowest BCUT2D eigenvalue weighted by Gasteiger charge is -2.24. The van der Waals surface area contributed by atoms with Gasteiger partial charge in [0.15, 0.2) is 0 Å². The maximum Gasteiger partial charge on any atom is 0.225 e. The van der Waals surface area contributed by atoms with Gasteiger partial charge in [0.1, 0.15) is 0 Å². The first-order chi connectivity index (χ1) is 6.67. The molecule has 0 N–H and O–H groups in total. The fraction of sp³-hybridized carbons (Fsp3) is 0.900. The Hall–Kier alpha value is 0.0500. The minimum Gasteiger partial charge on any atom is -0.340 e. The van der Waals surface area contributed by atoms with Crippen LogP contribution in [-0.2, 0) is 4.79 Å². The predicted molar refractivity (Wildman–Crippen MR) is 62.1 cm³/mol. The third kappa shape index (κ3) is 5.06. The van der Waals surface area contributed by atoms with Crippen molar-refractivity contribution in [3.05, 3.63) is 0 Å². The minimum atomic E-state index is 0.0893. The van der Waals surface area contributed by atoms with Crippen molar-refractivity contribution in [1.82, 2.24) is 4.90 Å². The summed E-state index contributed by atoms with van der Waals surface area (Å²) in [7, 11) is 0. The first-order valence-electron chi connectivity index (χ1n) is 5.08. The van der Waals surface area contributed by atoms with Gasteiger partial charge in [-0.05, 0) is 6.42 Å². The van der Waals surface area contributed by atoms with Gasteiger partial charge in [0.05, 0.1) is 0 Å². The number of hydrogen-bond acceptors (Lipinski definition) is 1. The van der Waals surface area contributed by atoms with Crippen molar-refractivity contribution in [2.45, 2.75) is 26.7 Å². The standard InChI is InChI=1S/C10H19Cl2NO/c1-3-4-9(2)10(14)13(7-5-11)8-6-12/h9H,3-8H2,1-2H3. The van der Waals surface area contributed by atoms with Gasteiger partial charge in [-0.3, -0.25) is 4.79 Å². The summed E-state index contributed by atoms with van der Waals surface area (Å²) in [4.78, 5) is 13.6. The Morgan fingerprint density at radius 2 is 1.79 bits per heavy atom. The van der Waals surface area contributed by atoms with Crippen LogP contribution in [0.3, 0.4) is 0 Å². The number of amides is 1. The maximum absolute atomic E-state index is 11.8. The Morgan fingerprint density at radius 3 is 2.14 bits per heavy atom. The molecule has 0 fully saturated rings. The summed E-state index contributed by atoms with van der Waals surface area (Å²) in [5.41, 5.74) is 0. The summed E-state index contributed by atoms with van der Waals surface area (Å²) in [5, 5.41) is 0. The molecule has 0 radical (unpaired) electrons. The zero-order valence-electron chi connectivity index (χ0n) is 8.93. The molecule has 0 rings (SSSR count). The summed E-state index contributed by atoms with van der Waals surface area (Å²) in [6.45, 7) is 5.24. The monoisotopic (exact) mass is 239 g/mol. The zero-order chi connectivity index (χ0) is 11.0. The molecule has 0 aliphatic rings. The van der Waals surface area contributed by atoms with Crippen LogP contribution in [0, 0.1) is 5.92 Å². The van der Waals surface area contributed by atoms with E-state index in [4.69, 9.17) is 23.2 Å². The zero-order valence-corrected chi connectivity index (χ0v) is 10.4. The molecule has 0 heterocycles. The Balaban J connectivity index is 4.11. The molecule has 0 bridgehead atoms. The van der Waals surface area contributed by atoms with Crippen LogP contribution in [-0.4, -0.2) is 35.7 Å². The van der Waals surface area contributed by atoms with Crippen LogP contribution in [0.15, 0.2) is 0 Å². The van der Waals surface area contributed by atoms with Crippen molar-refractivity contribution in [1.29, 1.82) is 0 Å². The number of halogens is 2. The molecule has 0 aliphatic heterocycles. The maximum atomic E-state index is 11.8. The van der Waals surface area contributed by atoms with Gasteiger partial charge in [-0.2, -0.15) is 0 Å². The third-order valence-electron chi connectivity index (χ3n) is 2.16. The quantitative estimate of drug-likeness (QED) is 0.626. The van der Waals surface area contributed by atoms with E-state index in [0.29, 0.717) is 24.8 Å². The average molecular weight is 240 g/mol. The topological polar surface area (TPSA) is 20.3 Å². The molecule has 0 aromatic heterocycles. The highest BCUT2D eigenvalue weighted by Gasteiger charge is 2.18. The summed E-state index contributed by atoms with van der Waals surface area (Å²) >= 11 is 11.2. The summed E-state index contributed by atoms with van der Waals surface area (Å²) in [6.07, 6.45) is 1.96. The molecule has 84 valence electrons. The van der Waals surface area contributed by atoms with Crippen LogP contribution in [0.1, 0.15) is 26.7 Å². The van der Waals surface area contributed by atoms with E-state index >= 15 is 0 Å². The lowest BCUT2D eigenvalue weighted by Crippen LogP contribution is -2.38. The van der Waals surface area contributed by atoms with Crippen LogP contribution >= 0.6 is 23.2 Å². The highest BCUT2D eigenvalue weighted by molar-refractivity contribution is 6.18. The number of nitrogens with zero attached hydrogens (tertiary/aromatic N) is 1. The van der Waals surface area contributed by atoms with Crippen LogP contribution in [0.5, 0.6) is 0 Å². The Morgan fingerprint density at radius 1 is 1.29 bits per heavy atom. The van der Waals surface area contributed by atoms with Gasteiger partial charge in [0.25, 0.3) is 0 Å². The SMILES string of the molecule is CCCC(C)C(=O)N(CCCl)CCCl. The van der Waals surface area contributed by atoms with E-state index in [2.05, 4.69) is 6.92 Å². The molecule has 4 heteroatoms. The van der Waals surface area contributed by atoms with Crippen molar-refractivity contribution < 1.29 is 4.79 Å². The van der Waals surface area contributed by atoms with Gasteiger partial charge >= 0.3 is 0 Å². The molecule has 0 aromatic carbocycles. The Labute approximate surface area is 96.6 Å². The van der Waals surface area contributed by atoms with Crippen LogP contribution in [0.25, 0.3) is 0 Å². The molecule has 1 unspecified atom stereocenters. The molecule has 1 atom stereocenters. The molecule has 0 aliphatic carbocycles. The Bertz CT molecular complexity index is 158. The normalized spacial score (nSPS) is 12.6. The highest BCUT2D eigenvalue weighted by Crippen LogP contribution is 2.09. The van der Waals surface area contributed by atoms with Crippen molar-refractivity contribution in [3.8, 4) is 0 Å². The van der Waals surface area contributed by atoms with E-state index in [9.17, 15) is 4.79 Å². The van der Waals surface area contributed by atoms with E-state index < -0.39 is 0 Å². The lowest BCUT2D eigenvalue weighted by molar-refractivity contribution is -0.134. The summed E-state index contributed by atoms with van der Waals surface area (Å²) in [5.74, 6) is 1.21. The first kappa shape index (κ1) is 14.1. The van der Waals surface area contributed by atoms with E-state index in [1.54, 1.807) is 4.90 Å². The van der Waals surface area contributed by atoms with Crippen molar-refractivity contribution in [2.24, 2.45) is 5.92 Å². The van der Waals surface area contributed by atoms with Gasteiger partial charge < -0.3 is 4.90 Å². The largest absolute Gasteiger partial charge is 0.340 e. The third-order valence-corrected chi connectivity index (χ3v) is 2.50. The van der Waals surface area contributed by atoms with Crippen LogP contribution in [0.2, 0.25) is 0 Å². The summed E-state index contributed by atoms with van der Waals surface area (Å²) < 4.78 is 0. The number of rotatable bonds is 7. The van der Waals surface area contributed by atoms with Crippen molar-refractivity contribution >= 4 is 29.1 Å².